The second-order valence-electron chi connectivity index (χ2n) is 7.81. The Morgan fingerprint density at radius 3 is 2.07 bits per heavy atom. The Bertz CT molecular complexity index is 765. The summed E-state index contributed by atoms with van der Waals surface area (Å²) in [6.45, 7) is 3.80. The Labute approximate surface area is 178 Å². The zero-order chi connectivity index (χ0) is 21.3. The molecule has 30 heavy (non-hydrogen) atoms. The van der Waals surface area contributed by atoms with E-state index in [1.54, 1.807) is 4.90 Å². The summed E-state index contributed by atoms with van der Waals surface area (Å²) in [5.41, 5.74) is 2.38. The van der Waals surface area contributed by atoms with Gasteiger partial charge in [-0.3, -0.25) is 4.79 Å². The lowest BCUT2D eigenvalue weighted by atomic mass is 9.97. The van der Waals surface area contributed by atoms with Gasteiger partial charge in [0.05, 0.1) is 13.7 Å². The molecule has 0 aliphatic carbocycles. The number of likely N-dealkylation sites (tertiary alicyclic amines) is 1. The summed E-state index contributed by atoms with van der Waals surface area (Å²) in [6, 6.07) is 20.8. The standard InChI is InChI=1S/C24H31N3O3/c1-3-30-24(29)27-16-14-21(15-17-27)25-22(28)18-26(2)23(19-10-6-4-7-11-19)20-12-8-5-9-13-20/h4-13,21,23H,3,14-18H2,1-2H3,(H,25,28)/p+1. The number of carbonyl (C=O) groups excluding carboxylic acids is 2. The van der Waals surface area contributed by atoms with Crippen LogP contribution in [0.2, 0.25) is 0 Å². The SMILES string of the molecule is CCOC(=O)N1CCC(NC(=O)C[NH+](C)C(c2ccccc2)c2ccccc2)CC1. The van der Waals surface area contributed by atoms with Crippen molar-refractivity contribution in [3.8, 4) is 0 Å². The lowest BCUT2D eigenvalue weighted by Crippen LogP contribution is -3.10. The topological polar surface area (TPSA) is 63.1 Å². The molecule has 0 saturated carbocycles. The molecule has 1 heterocycles. The summed E-state index contributed by atoms with van der Waals surface area (Å²) < 4.78 is 5.06. The van der Waals surface area contributed by atoms with E-state index in [9.17, 15) is 9.59 Å². The van der Waals surface area contributed by atoms with Crippen molar-refractivity contribution in [2.45, 2.75) is 31.8 Å². The van der Waals surface area contributed by atoms with Crippen molar-refractivity contribution in [2.75, 3.05) is 33.3 Å². The first-order valence-corrected chi connectivity index (χ1v) is 10.7. The average molecular weight is 411 g/mol. The molecule has 1 atom stereocenters. The van der Waals surface area contributed by atoms with Gasteiger partial charge in [-0.05, 0) is 19.8 Å². The van der Waals surface area contributed by atoms with Crippen LogP contribution in [0.25, 0.3) is 0 Å². The Morgan fingerprint density at radius 2 is 1.57 bits per heavy atom. The first kappa shape index (κ1) is 21.8. The Balaban J connectivity index is 1.58. The minimum Gasteiger partial charge on any atom is -0.450 e. The maximum absolute atomic E-state index is 12.8. The predicted octanol–water partition coefficient (Wildman–Crippen LogP) is 2.03. The lowest BCUT2D eigenvalue weighted by molar-refractivity contribution is -0.898. The van der Waals surface area contributed by atoms with E-state index in [-0.39, 0.29) is 24.1 Å². The van der Waals surface area contributed by atoms with Crippen molar-refractivity contribution in [2.24, 2.45) is 0 Å². The third-order valence-corrected chi connectivity index (χ3v) is 5.58. The largest absolute Gasteiger partial charge is 0.450 e. The fourth-order valence-electron chi connectivity index (χ4n) is 4.11. The highest BCUT2D eigenvalue weighted by Gasteiger charge is 2.28. The summed E-state index contributed by atoms with van der Waals surface area (Å²) in [4.78, 5) is 27.4. The molecule has 1 fully saturated rings. The van der Waals surface area contributed by atoms with Gasteiger partial charge in [-0.2, -0.15) is 0 Å². The van der Waals surface area contributed by atoms with Gasteiger partial charge in [-0.25, -0.2) is 4.79 Å². The van der Waals surface area contributed by atoms with Crippen LogP contribution >= 0.6 is 0 Å². The van der Waals surface area contributed by atoms with Crippen LogP contribution in [0.5, 0.6) is 0 Å². The number of amides is 2. The normalized spacial score (nSPS) is 15.6. The number of nitrogens with zero attached hydrogens (tertiary/aromatic N) is 1. The van der Waals surface area contributed by atoms with Crippen molar-refractivity contribution < 1.29 is 19.2 Å². The number of hydrogen-bond donors (Lipinski definition) is 2. The number of carbonyl (C=O) groups is 2. The highest BCUT2D eigenvalue weighted by atomic mass is 16.6. The van der Waals surface area contributed by atoms with Crippen molar-refractivity contribution in [3.63, 3.8) is 0 Å². The summed E-state index contributed by atoms with van der Waals surface area (Å²) in [7, 11) is 2.06. The third kappa shape index (κ3) is 5.83. The molecule has 2 N–H and O–H groups in total. The molecule has 2 aromatic carbocycles. The number of quaternary nitrogens is 1. The molecule has 1 saturated heterocycles. The molecular weight excluding hydrogens is 378 g/mol. The fourth-order valence-corrected chi connectivity index (χ4v) is 4.11. The minimum absolute atomic E-state index is 0.0407. The molecule has 0 radical (unpaired) electrons. The molecule has 6 nitrogen and oxygen atoms in total. The number of nitrogens with one attached hydrogen (secondary N) is 2. The molecule has 1 aliphatic rings. The summed E-state index contributed by atoms with van der Waals surface area (Å²) in [6.07, 6.45) is 1.24. The highest BCUT2D eigenvalue weighted by molar-refractivity contribution is 5.77. The monoisotopic (exact) mass is 410 g/mol. The Hall–Kier alpha value is -2.86. The smallest absolute Gasteiger partial charge is 0.409 e. The van der Waals surface area contributed by atoms with E-state index in [4.69, 9.17) is 4.74 Å². The summed E-state index contributed by atoms with van der Waals surface area (Å²) >= 11 is 0. The van der Waals surface area contributed by atoms with Gasteiger partial charge < -0.3 is 19.9 Å². The van der Waals surface area contributed by atoms with E-state index in [1.165, 1.54) is 11.1 Å². The van der Waals surface area contributed by atoms with Crippen LogP contribution in [0.3, 0.4) is 0 Å². The minimum atomic E-state index is -0.264. The number of likely N-dealkylation sites (N-methyl/N-ethyl adjacent to an activating group) is 1. The van der Waals surface area contributed by atoms with Crippen molar-refractivity contribution in [1.82, 2.24) is 10.2 Å². The molecule has 3 rings (SSSR count). The molecule has 6 heteroatoms. The van der Waals surface area contributed by atoms with E-state index < -0.39 is 0 Å². The summed E-state index contributed by atoms with van der Waals surface area (Å²) in [5, 5.41) is 3.16. The number of rotatable bonds is 7. The van der Waals surface area contributed by atoms with E-state index in [0.29, 0.717) is 26.2 Å². The molecule has 1 unspecified atom stereocenters. The van der Waals surface area contributed by atoms with Gasteiger partial charge in [0.1, 0.15) is 6.04 Å². The van der Waals surface area contributed by atoms with Crippen molar-refractivity contribution in [3.05, 3.63) is 71.8 Å². The summed E-state index contributed by atoms with van der Waals surface area (Å²) in [5.74, 6) is 0.0407. The van der Waals surface area contributed by atoms with Gasteiger partial charge in [-0.1, -0.05) is 60.7 Å². The molecular formula is C24H32N3O3+. The quantitative estimate of drug-likeness (QED) is 0.734. The fraction of sp³-hybridized carbons (Fsp3) is 0.417. The van der Waals surface area contributed by atoms with Gasteiger partial charge in [0.15, 0.2) is 6.54 Å². The number of ether oxygens (including phenoxy) is 1. The van der Waals surface area contributed by atoms with Crippen molar-refractivity contribution in [1.29, 1.82) is 0 Å². The Kier molecular flexibility index (Phi) is 7.85. The van der Waals surface area contributed by atoms with E-state index in [1.807, 2.05) is 43.3 Å². The van der Waals surface area contributed by atoms with Crippen molar-refractivity contribution >= 4 is 12.0 Å². The van der Waals surface area contributed by atoms with Crippen LogP contribution in [0.1, 0.15) is 36.9 Å². The first-order chi connectivity index (χ1) is 14.6. The van der Waals surface area contributed by atoms with Crippen LogP contribution < -0.4 is 10.2 Å². The average Bonchev–Trinajstić information content (AvgIpc) is 2.76. The van der Waals surface area contributed by atoms with Gasteiger partial charge in [0.25, 0.3) is 5.91 Å². The number of piperidine rings is 1. The van der Waals surface area contributed by atoms with Crippen LogP contribution in [0.15, 0.2) is 60.7 Å². The predicted molar refractivity (Wildman–Crippen MR) is 116 cm³/mol. The van der Waals surface area contributed by atoms with E-state index in [0.717, 1.165) is 17.7 Å². The molecule has 1 aliphatic heterocycles. The third-order valence-electron chi connectivity index (χ3n) is 5.58. The van der Waals surface area contributed by atoms with Crippen LogP contribution in [0, 0.1) is 0 Å². The van der Waals surface area contributed by atoms with Gasteiger partial charge in [0, 0.05) is 30.3 Å². The van der Waals surface area contributed by atoms with Crippen LogP contribution in [-0.4, -0.2) is 56.2 Å². The zero-order valence-electron chi connectivity index (χ0n) is 17.8. The Morgan fingerprint density at radius 1 is 1.03 bits per heavy atom. The molecule has 160 valence electrons. The lowest BCUT2D eigenvalue weighted by Gasteiger charge is -2.32. The second kappa shape index (κ2) is 10.8. The second-order valence-corrected chi connectivity index (χ2v) is 7.81. The van der Waals surface area contributed by atoms with Crippen LogP contribution in [0.4, 0.5) is 4.79 Å². The molecule has 0 aromatic heterocycles. The maximum atomic E-state index is 12.8. The van der Waals surface area contributed by atoms with Gasteiger partial charge in [0.2, 0.25) is 0 Å². The molecule has 0 bridgehead atoms. The molecule has 2 aromatic rings. The van der Waals surface area contributed by atoms with Gasteiger partial charge in [-0.15, -0.1) is 0 Å². The number of benzene rings is 2. The molecule has 2 amide bonds. The van der Waals surface area contributed by atoms with E-state index in [2.05, 4.69) is 36.6 Å². The van der Waals surface area contributed by atoms with Gasteiger partial charge >= 0.3 is 6.09 Å². The first-order valence-electron chi connectivity index (χ1n) is 10.7. The van der Waals surface area contributed by atoms with E-state index >= 15 is 0 Å². The zero-order valence-corrected chi connectivity index (χ0v) is 17.8. The molecule has 0 spiro atoms. The van der Waals surface area contributed by atoms with Crippen LogP contribution in [-0.2, 0) is 9.53 Å². The maximum Gasteiger partial charge on any atom is 0.409 e. The number of hydrogen-bond acceptors (Lipinski definition) is 3. The highest BCUT2D eigenvalue weighted by Crippen LogP contribution is 2.18.